The minimum Gasteiger partial charge on any atom is -0.508 e. The van der Waals surface area contributed by atoms with E-state index in [1.807, 2.05) is 78.7 Å². The van der Waals surface area contributed by atoms with E-state index in [1.165, 1.54) is 0 Å². The Morgan fingerprint density at radius 2 is 1.57 bits per heavy atom. The molecule has 0 aromatic heterocycles. The molecule has 0 radical (unpaired) electrons. The molecule has 230 valence electrons. The molecule has 0 bridgehead atoms. The first kappa shape index (κ1) is 31.4. The number of phenols is 1. The SMILES string of the molecule is CC1C(CN(C)CC(O)c2cccc(O)c2)OC(c2ccc(CNC(=O)c3ccccc3)cc2)OC1c1ccc(CO)cc1. The van der Waals surface area contributed by atoms with Gasteiger partial charge in [-0.3, -0.25) is 4.79 Å². The van der Waals surface area contributed by atoms with Gasteiger partial charge < -0.3 is 35.0 Å². The number of carbonyl (C=O) groups is 1. The fourth-order valence-electron chi connectivity index (χ4n) is 5.51. The van der Waals surface area contributed by atoms with Crippen LogP contribution in [0.25, 0.3) is 0 Å². The highest BCUT2D eigenvalue weighted by Gasteiger charge is 2.39. The maximum absolute atomic E-state index is 12.5. The number of aliphatic hydroxyl groups excluding tert-OH is 2. The number of aliphatic hydroxyl groups is 2. The van der Waals surface area contributed by atoms with Crippen molar-refractivity contribution >= 4 is 5.91 Å². The molecule has 0 saturated carbocycles. The molecule has 8 nitrogen and oxygen atoms in total. The van der Waals surface area contributed by atoms with Gasteiger partial charge in [-0.25, -0.2) is 0 Å². The molecule has 1 saturated heterocycles. The average Bonchev–Trinajstić information content (AvgIpc) is 3.05. The smallest absolute Gasteiger partial charge is 0.251 e. The van der Waals surface area contributed by atoms with Crippen LogP contribution >= 0.6 is 0 Å². The van der Waals surface area contributed by atoms with Gasteiger partial charge in [-0.1, -0.05) is 85.8 Å². The monoisotopic (exact) mass is 596 g/mol. The van der Waals surface area contributed by atoms with Crippen molar-refractivity contribution in [2.75, 3.05) is 20.1 Å². The van der Waals surface area contributed by atoms with Gasteiger partial charge in [-0.2, -0.15) is 0 Å². The highest BCUT2D eigenvalue weighted by molar-refractivity contribution is 5.94. The number of rotatable bonds is 11. The zero-order valence-electron chi connectivity index (χ0n) is 25.0. The first-order valence-corrected chi connectivity index (χ1v) is 14.9. The van der Waals surface area contributed by atoms with Crippen molar-refractivity contribution in [2.45, 2.75) is 44.7 Å². The molecule has 0 aliphatic carbocycles. The molecule has 5 atom stereocenters. The van der Waals surface area contributed by atoms with Crippen LogP contribution in [0, 0.1) is 5.92 Å². The Balaban J connectivity index is 1.29. The quantitative estimate of drug-likeness (QED) is 0.187. The fourth-order valence-corrected chi connectivity index (χ4v) is 5.51. The lowest BCUT2D eigenvalue weighted by atomic mass is 9.90. The number of nitrogens with zero attached hydrogens (tertiary/aromatic N) is 1. The van der Waals surface area contributed by atoms with E-state index >= 15 is 0 Å². The van der Waals surface area contributed by atoms with Crippen LogP contribution in [-0.4, -0.2) is 52.4 Å². The summed E-state index contributed by atoms with van der Waals surface area (Å²) >= 11 is 0. The number of benzene rings is 4. The van der Waals surface area contributed by atoms with E-state index in [1.54, 1.807) is 36.4 Å². The summed E-state index contributed by atoms with van der Waals surface area (Å²) in [5, 5.41) is 33.1. The summed E-state index contributed by atoms with van der Waals surface area (Å²) < 4.78 is 13.1. The van der Waals surface area contributed by atoms with E-state index in [-0.39, 0.29) is 36.4 Å². The highest BCUT2D eigenvalue weighted by atomic mass is 16.7. The van der Waals surface area contributed by atoms with Gasteiger partial charge >= 0.3 is 0 Å². The van der Waals surface area contributed by atoms with Crippen molar-refractivity contribution in [3.05, 3.63) is 137 Å². The van der Waals surface area contributed by atoms with E-state index in [9.17, 15) is 20.1 Å². The zero-order valence-corrected chi connectivity index (χ0v) is 25.0. The summed E-state index contributed by atoms with van der Waals surface area (Å²) in [5.74, 6) is -0.0223. The Labute approximate surface area is 258 Å². The van der Waals surface area contributed by atoms with Crippen LogP contribution in [-0.2, 0) is 22.6 Å². The van der Waals surface area contributed by atoms with Crippen molar-refractivity contribution < 1.29 is 29.6 Å². The predicted molar refractivity (Wildman–Crippen MR) is 168 cm³/mol. The van der Waals surface area contributed by atoms with Gasteiger partial charge in [0.1, 0.15) is 5.75 Å². The third-order valence-corrected chi connectivity index (χ3v) is 8.10. The first-order chi connectivity index (χ1) is 21.3. The minimum atomic E-state index is -0.769. The number of phenolic OH excluding ortho intramolecular Hbond substituents is 1. The van der Waals surface area contributed by atoms with Gasteiger partial charge in [0.25, 0.3) is 5.91 Å². The lowest BCUT2D eigenvalue weighted by Crippen LogP contribution is -2.44. The lowest BCUT2D eigenvalue weighted by molar-refractivity contribution is -0.276. The Morgan fingerprint density at radius 1 is 0.886 bits per heavy atom. The maximum Gasteiger partial charge on any atom is 0.251 e. The average molecular weight is 597 g/mol. The topological polar surface area (TPSA) is 111 Å². The Bertz CT molecular complexity index is 1500. The number of amides is 1. The van der Waals surface area contributed by atoms with Crippen LogP contribution in [0.15, 0.2) is 103 Å². The standard InChI is InChI=1S/C36H40N2O6/c1-24-33(22-38(2)21-32(41)30-9-6-10-31(40)19-30)43-36(44-34(24)27-15-13-26(23-39)14-16-27)29-17-11-25(12-18-29)20-37-35(42)28-7-4-3-5-8-28/h3-19,24,32-34,36,39-41H,20-23H2,1-2H3,(H,37,42). The Morgan fingerprint density at radius 3 is 2.25 bits per heavy atom. The second-order valence-electron chi connectivity index (χ2n) is 11.4. The molecule has 1 aliphatic heterocycles. The van der Waals surface area contributed by atoms with Crippen molar-refractivity contribution in [2.24, 2.45) is 5.92 Å². The van der Waals surface area contributed by atoms with Gasteiger partial charge in [0, 0.05) is 36.7 Å². The molecule has 1 heterocycles. The second-order valence-corrected chi connectivity index (χ2v) is 11.4. The summed E-state index contributed by atoms with van der Waals surface area (Å²) in [6.07, 6.45) is -1.88. The van der Waals surface area contributed by atoms with Crippen molar-refractivity contribution in [3.63, 3.8) is 0 Å². The number of hydrogen-bond donors (Lipinski definition) is 4. The molecular formula is C36H40N2O6. The number of likely N-dealkylation sites (N-methyl/N-ethyl adjacent to an activating group) is 1. The molecule has 5 unspecified atom stereocenters. The number of carbonyl (C=O) groups excluding carboxylic acids is 1. The predicted octanol–water partition coefficient (Wildman–Crippen LogP) is 5.27. The molecule has 4 aromatic rings. The molecule has 1 amide bonds. The van der Waals surface area contributed by atoms with Crippen molar-refractivity contribution in [1.82, 2.24) is 10.2 Å². The number of hydrogen-bond acceptors (Lipinski definition) is 7. The van der Waals surface area contributed by atoms with Gasteiger partial charge in [-0.15, -0.1) is 0 Å². The highest BCUT2D eigenvalue weighted by Crippen LogP contribution is 2.42. The van der Waals surface area contributed by atoms with E-state index < -0.39 is 12.4 Å². The Kier molecular flexibility index (Phi) is 10.4. The number of nitrogens with one attached hydrogen (secondary N) is 1. The largest absolute Gasteiger partial charge is 0.508 e. The molecule has 4 N–H and O–H groups in total. The van der Waals surface area contributed by atoms with Crippen LogP contribution < -0.4 is 5.32 Å². The molecule has 44 heavy (non-hydrogen) atoms. The minimum absolute atomic E-state index is 0.0148. The van der Waals surface area contributed by atoms with Crippen LogP contribution in [0.2, 0.25) is 0 Å². The third kappa shape index (κ3) is 7.91. The van der Waals surface area contributed by atoms with E-state index in [0.717, 1.165) is 22.3 Å². The molecule has 8 heteroatoms. The number of aromatic hydroxyl groups is 1. The maximum atomic E-state index is 12.5. The van der Waals surface area contributed by atoms with E-state index in [0.29, 0.717) is 30.8 Å². The van der Waals surface area contributed by atoms with Gasteiger partial charge in [-0.05, 0) is 53.6 Å². The second kappa shape index (κ2) is 14.6. The fraction of sp³-hybridized carbons (Fsp3) is 0.306. The summed E-state index contributed by atoms with van der Waals surface area (Å²) in [4.78, 5) is 14.5. The van der Waals surface area contributed by atoms with Crippen LogP contribution in [0.5, 0.6) is 5.75 Å². The molecule has 1 fully saturated rings. The van der Waals surface area contributed by atoms with Gasteiger partial charge in [0.2, 0.25) is 0 Å². The van der Waals surface area contributed by atoms with Crippen molar-refractivity contribution in [1.29, 1.82) is 0 Å². The van der Waals surface area contributed by atoms with E-state index in [2.05, 4.69) is 12.2 Å². The normalized spacial score (nSPS) is 20.8. The molecular weight excluding hydrogens is 556 g/mol. The summed E-state index contributed by atoms with van der Waals surface area (Å²) in [7, 11) is 1.94. The van der Waals surface area contributed by atoms with Crippen LogP contribution in [0.3, 0.4) is 0 Å². The molecule has 0 spiro atoms. The number of ether oxygens (including phenoxy) is 2. The van der Waals surface area contributed by atoms with E-state index in [4.69, 9.17) is 9.47 Å². The van der Waals surface area contributed by atoms with Crippen molar-refractivity contribution in [3.8, 4) is 5.75 Å². The van der Waals surface area contributed by atoms with Gasteiger partial charge in [0.15, 0.2) is 6.29 Å². The van der Waals surface area contributed by atoms with Crippen LogP contribution in [0.1, 0.15) is 63.6 Å². The van der Waals surface area contributed by atoms with Crippen LogP contribution in [0.4, 0.5) is 0 Å². The van der Waals surface area contributed by atoms with Gasteiger partial charge in [0.05, 0.1) is 24.9 Å². The molecule has 5 rings (SSSR count). The summed E-state index contributed by atoms with van der Waals surface area (Å²) in [6, 6.07) is 31.4. The molecule has 1 aliphatic rings. The third-order valence-electron chi connectivity index (χ3n) is 8.10. The zero-order chi connectivity index (χ0) is 31.1. The lowest BCUT2D eigenvalue weighted by Gasteiger charge is -2.42. The molecule has 4 aromatic carbocycles. The summed E-state index contributed by atoms with van der Waals surface area (Å²) in [5.41, 5.74) is 4.91. The summed E-state index contributed by atoms with van der Waals surface area (Å²) in [6.45, 7) is 3.38. The Hall–Kier alpha value is -4.05. The first-order valence-electron chi connectivity index (χ1n) is 14.9.